The van der Waals surface area contributed by atoms with Crippen LogP contribution in [0.4, 0.5) is 40.9 Å². The Morgan fingerprint density at radius 2 is 1.74 bits per heavy atom. The second kappa shape index (κ2) is 16.3. The van der Waals surface area contributed by atoms with Gasteiger partial charge in [-0.05, 0) is 61.2 Å². The van der Waals surface area contributed by atoms with E-state index in [1.807, 2.05) is 0 Å². The predicted molar refractivity (Wildman–Crippen MR) is 225 cm³/mol. The molecule has 2 N–H and O–H groups in total. The Bertz CT molecular complexity index is 3160. The molecule has 13 nitrogen and oxygen atoms in total. The van der Waals surface area contributed by atoms with Crippen LogP contribution < -0.4 is 15.6 Å². The molecule has 3 aliphatic rings. The second-order valence-corrected chi connectivity index (χ2v) is 18.3. The Kier molecular flexibility index (Phi) is 10.8. The molecule has 10 rings (SSSR count). The van der Waals surface area contributed by atoms with E-state index in [9.17, 15) is 35.7 Å². The number of benzene rings is 3. The topological polar surface area (TPSA) is 160 Å². The summed E-state index contributed by atoms with van der Waals surface area (Å²) in [4.78, 5) is 42.9. The molecule has 4 aromatic heterocycles. The zero-order chi connectivity index (χ0) is 46.5. The first-order valence-corrected chi connectivity index (χ1v) is 22.1. The van der Waals surface area contributed by atoms with Crippen molar-refractivity contribution in [1.29, 1.82) is 0 Å². The third-order valence-corrected chi connectivity index (χ3v) is 13.7. The second-order valence-electron chi connectivity index (χ2n) is 16.4. The van der Waals surface area contributed by atoms with Gasteiger partial charge < -0.3 is 9.87 Å². The van der Waals surface area contributed by atoms with Crippen LogP contribution in [0.3, 0.4) is 0 Å². The van der Waals surface area contributed by atoms with Gasteiger partial charge in [0, 0.05) is 54.8 Å². The highest BCUT2D eigenvalue weighted by molar-refractivity contribution is 7.93. The third-order valence-electron chi connectivity index (χ3n) is 11.9. The highest BCUT2D eigenvalue weighted by atomic mass is 35.5. The molecule has 2 saturated carbocycles. The van der Waals surface area contributed by atoms with Crippen molar-refractivity contribution in [3.8, 4) is 16.9 Å². The van der Waals surface area contributed by atoms with Gasteiger partial charge in [0.2, 0.25) is 11.7 Å². The maximum Gasteiger partial charge on any atom is 0.293 e. The van der Waals surface area contributed by atoms with Gasteiger partial charge in [-0.3, -0.25) is 33.5 Å². The van der Waals surface area contributed by atoms with E-state index in [2.05, 4.69) is 30.2 Å². The number of aryl methyl sites for hydroxylation is 1. The van der Waals surface area contributed by atoms with E-state index in [0.717, 1.165) is 21.4 Å². The van der Waals surface area contributed by atoms with Crippen molar-refractivity contribution in [1.82, 2.24) is 44.4 Å². The highest BCUT2D eigenvalue weighted by Gasteiger charge is 2.67. The van der Waals surface area contributed by atoms with Crippen LogP contribution in [0, 0.1) is 24.5 Å². The number of anilines is 1. The summed E-state index contributed by atoms with van der Waals surface area (Å²) < 4.78 is 136. The quantitative estimate of drug-likeness (QED) is 0.0807. The fourth-order valence-corrected chi connectivity index (χ4v) is 10.2. The predicted octanol–water partition coefficient (Wildman–Crippen LogP) is 8.38. The van der Waals surface area contributed by atoms with Crippen LogP contribution >= 0.6 is 11.6 Å². The van der Waals surface area contributed by atoms with E-state index in [1.165, 1.54) is 36.7 Å². The van der Waals surface area contributed by atoms with Crippen molar-refractivity contribution in [3.63, 3.8) is 0 Å². The summed E-state index contributed by atoms with van der Waals surface area (Å²) in [7, 11) is 0. The molecule has 0 radical (unpaired) electrons. The third kappa shape index (κ3) is 7.70. The number of nitrogens with one attached hydrogen (secondary N) is 2. The molecule has 3 aliphatic carbocycles. The molecule has 0 aliphatic heterocycles. The number of halogens is 9. The van der Waals surface area contributed by atoms with E-state index in [4.69, 9.17) is 16.6 Å². The Labute approximate surface area is 375 Å². The molecule has 2 fully saturated rings. The summed E-state index contributed by atoms with van der Waals surface area (Å²) in [5.41, 5.74) is -1.94. The fourth-order valence-electron chi connectivity index (χ4n) is 8.87. The molecule has 4 unspecified atom stereocenters. The molecular weight excluding hydrogens is 924 g/mol. The number of alkyl halides is 6. The number of hydrogen-bond donors (Lipinski definition) is 2. The number of carbonyl (C=O) groups is 1. The molecule has 342 valence electrons. The van der Waals surface area contributed by atoms with Crippen LogP contribution in [0.5, 0.6) is 0 Å². The molecule has 66 heavy (non-hydrogen) atoms. The molecule has 4 atom stereocenters. The first kappa shape index (κ1) is 43.7. The van der Waals surface area contributed by atoms with Crippen molar-refractivity contribution in [2.45, 2.75) is 81.7 Å². The minimum atomic E-state index is -3.58. The van der Waals surface area contributed by atoms with E-state index < -0.39 is 102 Å². The number of carbonyl (C=O) groups excluding carboxylic acids is 1. The molecule has 0 spiro atoms. The SMILES string of the molecule is Cc1nccnc1-c1ccc2c(=O)n(-c3ccc(Cl)c4c(N[S+]([O-])C5CC5)nn(CC(F)F)c34)c(C(Cc3cc(F)cc(F)c3)NC(=O)Cn3nc(C(F)F)c4c3C(F)(F)C3CC43)nc2c1. The van der Waals surface area contributed by atoms with Crippen molar-refractivity contribution in [2.24, 2.45) is 5.92 Å². The Morgan fingerprint density at radius 1 is 1.00 bits per heavy atom. The lowest BCUT2D eigenvalue weighted by Crippen LogP contribution is -2.38. The van der Waals surface area contributed by atoms with Crippen molar-refractivity contribution in [3.05, 3.63) is 122 Å². The maximum atomic E-state index is 15.6. The summed E-state index contributed by atoms with van der Waals surface area (Å²) in [5.74, 6) is -9.34. The van der Waals surface area contributed by atoms with Gasteiger partial charge in [-0.25, -0.2) is 31.3 Å². The van der Waals surface area contributed by atoms with Gasteiger partial charge in [0.05, 0.1) is 61.3 Å². The van der Waals surface area contributed by atoms with Gasteiger partial charge in [0.15, 0.2) is 0 Å². The van der Waals surface area contributed by atoms with Crippen LogP contribution in [0.1, 0.15) is 71.7 Å². The van der Waals surface area contributed by atoms with E-state index in [-0.39, 0.29) is 67.0 Å². The van der Waals surface area contributed by atoms with Crippen LogP contribution in [0.2, 0.25) is 5.02 Å². The zero-order valence-corrected chi connectivity index (χ0v) is 35.7. The van der Waals surface area contributed by atoms with E-state index >= 15 is 13.6 Å². The molecule has 3 aromatic carbocycles. The van der Waals surface area contributed by atoms with Gasteiger partial charge in [-0.15, -0.1) is 5.10 Å². The Balaban J connectivity index is 1.19. The van der Waals surface area contributed by atoms with Gasteiger partial charge in [-0.2, -0.15) is 18.6 Å². The van der Waals surface area contributed by atoms with Crippen LogP contribution in [-0.2, 0) is 41.6 Å². The van der Waals surface area contributed by atoms with Crippen molar-refractivity contribution < 1.29 is 44.5 Å². The van der Waals surface area contributed by atoms with Gasteiger partial charge >= 0.3 is 0 Å². The fraction of sp³-hybridized carbons (Fsp3) is 0.326. The lowest BCUT2D eigenvalue weighted by atomic mass is 10.0. The number of hydrogen-bond acceptors (Lipinski definition) is 9. The molecule has 0 saturated heterocycles. The summed E-state index contributed by atoms with van der Waals surface area (Å²) in [6.45, 7) is -0.383. The minimum Gasteiger partial charge on any atom is -0.593 e. The Morgan fingerprint density at radius 3 is 2.44 bits per heavy atom. The summed E-state index contributed by atoms with van der Waals surface area (Å²) in [5, 5.41) is 10.3. The normalized spacial score (nSPS) is 18.3. The number of nitrogens with zero attached hydrogens (tertiary/aromatic N) is 8. The van der Waals surface area contributed by atoms with E-state index in [0.29, 0.717) is 40.5 Å². The minimum absolute atomic E-state index is 0.00251. The van der Waals surface area contributed by atoms with Crippen LogP contribution in [0.25, 0.3) is 38.8 Å². The first-order chi connectivity index (χ1) is 31.5. The molecule has 0 bridgehead atoms. The zero-order valence-electron chi connectivity index (χ0n) is 34.1. The van der Waals surface area contributed by atoms with Crippen molar-refractivity contribution >= 4 is 56.5 Å². The molecular formula is C43H33ClF8N10O3S. The molecule has 4 heterocycles. The summed E-state index contributed by atoms with van der Waals surface area (Å²) in [6.07, 6.45) is -2.63. The van der Waals surface area contributed by atoms with Gasteiger partial charge in [0.1, 0.15) is 47.2 Å². The lowest BCUT2D eigenvalue weighted by Gasteiger charge is -2.24. The van der Waals surface area contributed by atoms with Gasteiger partial charge in [-0.1, -0.05) is 17.7 Å². The average Bonchev–Trinajstić information content (AvgIpc) is 4.17. The number of rotatable bonds is 14. The number of amides is 1. The number of aromatic nitrogens is 8. The van der Waals surface area contributed by atoms with Crippen LogP contribution in [-0.4, -0.2) is 61.2 Å². The summed E-state index contributed by atoms with van der Waals surface area (Å²) in [6, 6.07) is 8.00. The summed E-state index contributed by atoms with van der Waals surface area (Å²) >= 11 is 5.02. The van der Waals surface area contributed by atoms with Crippen LogP contribution in [0.15, 0.2) is 65.7 Å². The molecule has 23 heteroatoms. The maximum absolute atomic E-state index is 15.6. The first-order valence-electron chi connectivity index (χ1n) is 20.5. The largest absolute Gasteiger partial charge is 0.593 e. The number of fused-ring (bicyclic) bond motifs is 5. The monoisotopic (exact) mass is 956 g/mol. The van der Waals surface area contributed by atoms with E-state index in [1.54, 1.807) is 13.0 Å². The average molecular weight is 957 g/mol. The lowest BCUT2D eigenvalue weighted by molar-refractivity contribution is -0.123. The Hall–Kier alpha value is -6.13. The molecule has 1 amide bonds. The highest BCUT2D eigenvalue weighted by Crippen LogP contribution is 2.68. The smallest absolute Gasteiger partial charge is 0.293 e. The molecule has 7 aromatic rings. The van der Waals surface area contributed by atoms with Gasteiger partial charge in [0.25, 0.3) is 24.3 Å². The van der Waals surface area contributed by atoms with Crippen molar-refractivity contribution in [2.75, 3.05) is 4.72 Å². The standard InChI is InChI=1S/C43H33ClF8N10O3S/c1-18-35(54-9-8-53-18)20-2-5-24-28(13-20)56-41(62(42(24)64)30-7-6-27(44)34-37(30)60(16-31(47)48)58-40(34)59-66(65)23-3-4-23)29(12-19-10-21(45)14-22(46)11-19)55-32(63)17-61-38-33(36(57-61)39(49)50)25-15-26(25)43(38,51)52/h2,5-11,13-14,23,25-26,29,31,39H,3-4,12,15-17H2,1H3,(H,55,63)(H,58,59).